The number of carbonyl (C=O) groups excluding carboxylic acids is 1. The van der Waals surface area contributed by atoms with Crippen LogP contribution in [-0.4, -0.2) is 30.7 Å². The van der Waals surface area contributed by atoms with Crippen molar-refractivity contribution in [3.8, 4) is 23.8 Å². The fraction of sp³-hybridized carbons (Fsp3) is 0.200. The molecule has 9 nitrogen and oxygen atoms in total. The molecule has 2 aromatic rings. The number of carbonyl (C=O) groups is 1. The summed E-state index contributed by atoms with van der Waals surface area (Å²) in [4.78, 5) is 26.7. The zero-order valence-corrected chi connectivity index (χ0v) is 17.7. The van der Waals surface area contributed by atoms with E-state index in [4.69, 9.17) is 27.5 Å². The molecule has 0 fully saturated rings. The molecule has 0 bridgehead atoms. The normalized spacial score (nSPS) is 11.4. The lowest BCUT2D eigenvalue weighted by Crippen LogP contribution is -2.12. The van der Waals surface area contributed by atoms with Crippen molar-refractivity contribution in [3.05, 3.63) is 62.2 Å². The Hall–Kier alpha value is -3.98. The number of nitro benzene ring substituents is 1. The molecule has 0 aromatic heterocycles. The lowest BCUT2D eigenvalue weighted by Gasteiger charge is -2.13. The van der Waals surface area contributed by atoms with Crippen LogP contribution in [0.2, 0.25) is 5.02 Å². The van der Waals surface area contributed by atoms with Crippen molar-refractivity contribution in [1.29, 1.82) is 0 Å². The Labute approximate surface area is 189 Å². The molecule has 13 heteroatoms. The molecule has 0 aliphatic heterocycles. The molecule has 0 aliphatic rings. The fourth-order valence-electron chi connectivity index (χ4n) is 2.50. The second-order valence-corrected chi connectivity index (χ2v) is 6.48. The molecule has 2 aromatic carbocycles. The van der Waals surface area contributed by atoms with Gasteiger partial charge in [-0.15, -0.1) is 6.42 Å². The molecular formula is C20H14ClF3N2O7. The summed E-state index contributed by atoms with van der Waals surface area (Å²) >= 11 is 5.90. The summed E-state index contributed by atoms with van der Waals surface area (Å²) in [6.45, 7) is 0.977. The van der Waals surface area contributed by atoms with Crippen LogP contribution < -0.4 is 4.74 Å². The molecule has 0 atom stereocenters. The van der Waals surface area contributed by atoms with Gasteiger partial charge in [-0.1, -0.05) is 17.5 Å². The van der Waals surface area contributed by atoms with Gasteiger partial charge in [0.25, 0.3) is 11.6 Å². The van der Waals surface area contributed by atoms with Crippen LogP contribution >= 0.6 is 11.6 Å². The number of terminal acetylenes is 1. The van der Waals surface area contributed by atoms with E-state index in [9.17, 15) is 28.1 Å². The number of benzene rings is 2. The third-order valence-electron chi connectivity index (χ3n) is 3.84. The molecule has 0 unspecified atom stereocenters. The van der Waals surface area contributed by atoms with Gasteiger partial charge in [0.1, 0.15) is 17.1 Å². The van der Waals surface area contributed by atoms with Crippen LogP contribution in [0.25, 0.3) is 0 Å². The Morgan fingerprint density at radius 3 is 2.55 bits per heavy atom. The number of ether oxygens (including phenoxy) is 3. The predicted molar refractivity (Wildman–Crippen MR) is 109 cm³/mol. The zero-order valence-electron chi connectivity index (χ0n) is 16.9. The van der Waals surface area contributed by atoms with Crippen LogP contribution in [0.5, 0.6) is 11.5 Å². The van der Waals surface area contributed by atoms with Gasteiger partial charge >= 0.3 is 12.3 Å². The highest BCUT2D eigenvalue weighted by molar-refractivity contribution is 6.32. The van der Waals surface area contributed by atoms with E-state index in [0.717, 1.165) is 25.3 Å². The van der Waals surface area contributed by atoms with Crippen molar-refractivity contribution < 1.29 is 41.9 Å². The number of hydrogen-bond donors (Lipinski definition) is 0. The second-order valence-electron chi connectivity index (χ2n) is 6.07. The predicted octanol–water partition coefficient (Wildman–Crippen LogP) is 5.46. The first kappa shape index (κ1) is 25.3. The molecule has 0 amide bonds. The number of oxime groups is 1. The van der Waals surface area contributed by atoms with Crippen LogP contribution in [0.1, 0.15) is 16.7 Å². The molecule has 0 aliphatic carbocycles. The number of alkyl halides is 3. The number of aryl methyl sites for hydroxylation is 1. The molecule has 0 saturated carbocycles. The van der Waals surface area contributed by atoms with Gasteiger partial charge in [-0.3, -0.25) is 15.0 Å². The molecule has 0 radical (unpaired) electrons. The standard InChI is InChI=1S/C20H14ClF3N2O7/c1-4-7-31-19(27)33-25-18(30-3)14-10-13(8-11(2)17(14)26(28)29)32-16-6-5-12(9-15(16)21)20(22,23)24/h1,5-6,8-10H,7H2,2-3H3. The van der Waals surface area contributed by atoms with Gasteiger partial charge in [0.15, 0.2) is 6.61 Å². The minimum absolute atomic E-state index is 0.0468. The first-order valence-electron chi connectivity index (χ1n) is 8.71. The minimum Gasteiger partial charge on any atom is -0.478 e. The number of methoxy groups -OCH3 is 1. The summed E-state index contributed by atoms with van der Waals surface area (Å²) in [6, 6.07) is 4.80. The zero-order chi connectivity index (χ0) is 24.8. The smallest absolute Gasteiger partial charge is 0.478 e. The maximum absolute atomic E-state index is 12.8. The summed E-state index contributed by atoms with van der Waals surface area (Å²) in [6.07, 6.45) is -0.950. The Balaban J connectivity index is 2.46. The van der Waals surface area contributed by atoms with Gasteiger partial charge in [-0.05, 0) is 36.3 Å². The molecule has 174 valence electrons. The maximum Gasteiger partial charge on any atom is 0.536 e. The van der Waals surface area contributed by atoms with E-state index in [1.807, 2.05) is 5.92 Å². The van der Waals surface area contributed by atoms with Crippen molar-refractivity contribution in [2.24, 2.45) is 5.16 Å². The Morgan fingerprint density at radius 2 is 2.00 bits per heavy atom. The van der Waals surface area contributed by atoms with Gasteiger partial charge in [-0.2, -0.15) is 13.2 Å². The molecule has 0 heterocycles. The summed E-state index contributed by atoms with van der Waals surface area (Å²) in [7, 11) is 1.11. The maximum atomic E-state index is 12.8. The first-order chi connectivity index (χ1) is 15.5. The van der Waals surface area contributed by atoms with Crippen molar-refractivity contribution in [1.82, 2.24) is 0 Å². The molecular weight excluding hydrogens is 473 g/mol. The van der Waals surface area contributed by atoms with Gasteiger partial charge in [-0.25, -0.2) is 4.79 Å². The van der Waals surface area contributed by atoms with Crippen LogP contribution in [0.4, 0.5) is 23.7 Å². The second kappa shape index (κ2) is 10.6. The van der Waals surface area contributed by atoms with Crippen molar-refractivity contribution in [3.63, 3.8) is 0 Å². The van der Waals surface area contributed by atoms with E-state index < -0.39 is 41.0 Å². The molecule has 2 rings (SSSR count). The number of nitrogens with zero attached hydrogens (tertiary/aromatic N) is 2. The van der Waals surface area contributed by atoms with Gasteiger partial charge in [0.2, 0.25) is 0 Å². The van der Waals surface area contributed by atoms with Gasteiger partial charge in [0.05, 0.1) is 22.6 Å². The molecule has 0 spiro atoms. The summed E-state index contributed by atoms with van der Waals surface area (Å²) in [5, 5.41) is 14.6. The first-order valence-corrected chi connectivity index (χ1v) is 9.09. The number of hydrogen-bond acceptors (Lipinski definition) is 8. The highest BCUT2D eigenvalue weighted by Gasteiger charge is 2.31. The fourth-order valence-corrected chi connectivity index (χ4v) is 2.72. The van der Waals surface area contributed by atoms with E-state index in [0.29, 0.717) is 6.07 Å². The van der Waals surface area contributed by atoms with E-state index in [-0.39, 0.29) is 27.6 Å². The lowest BCUT2D eigenvalue weighted by molar-refractivity contribution is -0.385. The largest absolute Gasteiger partial charge is 0.536 e. The third-order valence-corrected chi connectivity index (χ3v) is 4.14. The monoisotopic (exact) mass is 486 g/mol. The topological polar surface area (TPSA) is 109 Å². The summed E-state index contributed by atoms with van der Waals surface area (Å²) in [5.74, 6) is 1.34. The van der Waals surface area contributed by atoms with E-state index in [2.05, 4.69) is 14.7 Å². The average molecular weight is 487 g/mol. The Morgan fingerprint density at radius 1 is 1.30 bits per heavy atom. The number of rotatable bonds is 6. The van der Waals surface area contributed by atoms with Crippen LogP contribution in [-0.2, 0) is 20.5 Å². The molecule has 0 saturated heterocycles. The lowest BCUT2D eigenvalue weighted by atomic mass is 10.1. The average Bonchev–Trinajstić information content (AvgIpc) is 2.72. The Bertz CT molecular complexity index is 1140. The third kappa shape index (κ3) is 6.50. The quantitative estimate of drug-likeness (QED) is 0.101. The van der Waals surface area contributed by atoms with Crippen molar-refractivity contribution >= 4 is 29.3 Å². The van der Waals surface area contributed by atoms with Crippen LogP contribution in [0.3, 0.4) is 0 Å². The highest BCUT2D eigenvalue weighted by Crippen LogP contribution is 2.38. The SMILES string of the molecule is C#CCOC(=O)ON=C(OC)c1cc(Oc2ccc(C(F)(F)F)cc2Cl)cc(C)c1[N+](=O)[O-]. The van der Waals surface area contributed by atoms with E-state index in [1.54, 1.807) is 0 Å². The van der Waals surface area contributed by atoms with Crippen molar-refractivity contribution in [2.75, 3.05) is 13.7 Å². The van der Waals surface area contributed by atoms with Crippen molar-refractivity contribution in [2.45, 2.75) is 13.1 Å². The minimum atomic E-state index is -4.61. The van der Waals surface area contributed by atoms with Gasteiger partial charge < -0.3 is 14.2 Å². The number of nitro groups is 1. The highest BCUT2D eigenvalue weighted by atomic mass is 35.5. The van der Waals surface area contributed by atoms with Crippen LogP contribution in [0, 0.1) is 29.4 Å². The summed E-state index contributed by atoms with van der Waals surface area (Å²) in [5.41, 5.74) is -1.62. The van der Waals surface area contributed by atoms with Crippen LogP contribution in [0.15, 0.2) is 35.5 Å². The van der Waals surface area contributed by atoms with E-state index in [1.165, 1.54) is 13.0 Å². The van der Waals surface area contributed by atoms with E-state index >= 15 is 0 Å². The molecule has 0 N–H and O–H groups in total. The molecule has 33 heavy (non-hydrogen) atoms. The van der Waals surface area contributed by atoms with Gasteiger partial charge in [0, 0.05) is 11.6 Å². The Kier molecular flexibility index (Phi) is 8.09. The summed E-state index contributed by atoms with van der Waals surface area (Å²) < 4.78 is 53.5. The number of halogens is 4.